The summed E-state index contributed by atoms with van der Waals surface area (Å²) in [4.78, 5) is 16.0. The first-order valence-corrected chi connectivity index (χ1v) is 10.9. The number of rotatable bonds is 6. The number of aromatic nitrogens is 4. The van der Waals surface area contributed by atoms with Gasteiger partial charge in [-0.25, -0.2) is 20.6 Å². The van der Waals surface area contributed by atoms with Crippen LogP contribution in [0, 0.1) is 6.08 Å². The van der Waals surface area contributed by atoms with Crippen LogP contribution in [0.3, 0.4) is 0 Å². The van der Waals surface area contributed by atoms with E-state index in [0.717, 1.165) is 34.3 Å². The predicted molar refractivity (Wildman–Crippen MR) is 126 cm³/mol. The minimum absolute atomic E-state index is 0. The average molecular weight is 643 g/mol. The monoisotopic (exact) mass is 643 g/mol. The number of imidazole rings is 1. The van der Waals surface area contributed by atoms with Gasteiger partial charge in [-0.1, -0.05) is 24.3 Å². The van der Waals surface area contributed by atoms with Crippen LogP contribution in [-0.4, -0.2) is 34.4 Å². The molecule has 0 bridgehead atoms. The Hall–Kier alpha value is -3.81. The Bertz CT molecular complexity index is 1530. The Morgan fingerprint density at radius 1 is 1.11 bits per heavy atom. The van der Waals surface area contributed by atoms with Gasteiger partial charge in [0.1, 0.15) is 11.7 Å². The van der Waals surface area contributed by atoms with Gasteiger partial charge < -0.3 is 13.7 Å². The van der Waals surface area contributed by atoms with Crippen molar-refractivity contribution in [3.63, 3.8) is 0 Å². The Labute approximate surface area is 215 Å². The normalized spacial score (nSPS) is 14.8. The number of fused-ring (bicyclic) bond motifs is 2. The molecule has 1 aliphatic heterocycles. The summed E-state index contributed by atoms with van der Waals surface area (Å²) in [7, 11) is 4.05. The van der Waals surface area contributed by atoms with Crippen molar-refractivity contribution in [2.75, 3.05) is 18.5 Å². The van der Waals surface area contributed by atoms with Crippen molar-refractivity contribution in [2.45, 2.75) is 5.92 Å². The molecule has 0 saturated carbocycles. The molecule has 1 atom stereocenters. The van der Waals surface area contributed by atoms with Crippen molar-refractivity contribution in [3.8, 4) is 0 Å². The molecule has 0 spiro atoms. The van der Waals surface area contributed by atoms with Crippen molar-refractivity contribution in [1.82, 2.24) is 15.0 Å². The number of para-hydroxylation sites is 1. The fourth-order valence-electron chi connectivity index (χ4n) is 4.38. The predicted octanol–water partition coefficient (Wildman–Crippen LogP) is 3.74. The third-order valence-corrected chi connectivity index (χ3v) is 5.96. The largest absolute Gasteiger partial charge is 0.452 e. The van der Waals surface area contributed by atoms with Gasteiger partial charge in [0.2, 0.25) is 12.0 Å². The van der Waals surface area contributed by atoms with Crippen LogP contribution in [0.4, 0.5) is 17.3 Å². The minimum Gasteiger partial charge on any atom is -0.452 e. The van der Waals surface area contributed by atoms with E-state index in [4.69, 9.17) is 13.8 Å². The van der Waals surface area contributed by atoms with Crippen molar-refractivity contribution in [2.24, 2.45) is 7.05 Å². The summed E-state index contributed by atoms with van der Waals surface area (Å²) < 4.78 is 14.7. The van der Waals surface area contributed by atoms with Crippen LogP contribution in [0.1, 0.15) is 22.9 Å². The fourth-order valence-corrected chi connectivity index (χ4v) is 4.38. The number of pyridine rings is 1. The number of anilines is 2. The van der Waals surface area contributed by atoms with Gasteiger partial charge >= 0.3 is 0 Å². The van der Waals surface area contributed by atoms with Crippen LogP contribution in [0.15, 0.2) is 76.3 Å². The maximum Gasteiger partial charge on any atom is 0.297 e. The van der Waals surface area contributed by atoms with E-state index >= 15 is 0 Å². The molecule has 1 aromatic carbocycles. The molecule has 9 heteroatoms. The van der Waals surface area contributed by atoms with Crippen LogP contribution in [0.2, 0.25) is 0 Å². The van der Waals surface area contributed by atoms with E-state index in [-0.39, 0.29) is 26.0 Å². The fraction of sp³-hybridized carbons (Fsp3) is 0.154. The first-order valence-electron chi connectivity index (χ1n) is 10.9. The second-order valence-corrected chi connectivity index (χ2v) is 8.17. The maximum atomic E-state index is 5.39. The van der Waals surface area contributed by atoms with Crippen LogP contribution in [0.25, 0.3) is 17.4 Å². The van der Waals surface area contributed by atoms with Crippen LogP contribution in [-0.2, 0) is 27.2 Å². The third kappa shape index (κ3) is 4.13. The summed E-state index contributed by atoms with van der Waals surface area (Å²) >= 11 is 0. The van der Waals surface area contributed by atoms with Crippen molar-refractivity contribution < 1.29 is 38.1 Å². The van der Waals surface area contributed by atoms with Crippen LogP contribution in [0.5, 0.6) is 0 Å². The van der Waals surface area contributed by atoms with E-state index in [1.54, 1.807) is 6.26 Å². The zero-order valence-corrected chi connectivity index (χ0v) is 21.5. The molecule has 35 heavy (non-hydrogen) atoms. The van der Waals surface area contributed by atoms with Gasteiger partial charge in [-0.15, -0.1) is 10.5 Å². The number of nitrogens with zero attached hydrogens (tertiary/aromatic N) is 6. The van der Waals surface area contributed by atoms with Gasteiger partial charge in [0, 0.05) is 32.1 Å². The van der Waals surface area contributed by atoms with Gasteiger partial charge in [0.15, 0.2) is 6.39 Å². The molecule has 5 heterocycles. The number of hydrogen-bond acceptors (Lipinski definition) is 5. The second kappa shape index (κ2) is 9.44. The molecule has 0 saturated heterocycles. The van der Waals surface area contributed by atoms with Crippen molar-refractivity contribution in [3.05, 3.63) is 90.5 Å². The number of aryl methyl sites for hydroxylation is 1. The number of furan rings is 1. The van der Waals surface area contributed by atoms with E-state index < -0.39 is 0 Å². The summed E-state index contributed by atoms with van der Waals surface area (Å²) in [6.07, 6.45) is 12.2. The quantitative estimate of drug-likeness (QED) is 0.208. The molecular weight excluding hydrogens is 621 g/mol. The molecule has 1 aliphatic rings. The van der Waals surface area contributed by atoms with Crippen molar-refractivity contribution in [1.29, 1.82) is 0 Å². The van der Waals surface area contributed by atoms with Gasteiger partial charge in [0.05, 0.1) is 31.5 Å². The molecular formula is C26H22IrN6O2. The standard InChI is InChI=1S/C26H22N6O2.Ir/c1-30-14-20(24-25(30)31(2)16-27-24)21-11-6-12-22(29-21)32(19-9-4-3-5-10-19)13-7-8-18-15-33-26-23(18)28-17-34-26;/h3-6,8-12,14-17,20H,13H2,1-2H3;. The topological polar surface area (TPSA) is 76.3 Å². The average Bonchev–Trinajstić information content (AvgIpc) is 3.63. The van der Waals surface area contributed by atoms with Gasteiger partial charge in [-0.2, -0.15) is 0 Å². The molecule has 8 nitrogen and oxygen atoms in total. The molecule has 0 N–H and O–H groups in total. The molecule has 177 valence electrons. The molecule has 6 rings (SSSR count). The van der Waals surface area contributed by atoms with Crippen LogP contribution < -0.4 is 14.5 Å². The van der Waals surface area contributed by atoms with E-state index in [1.807, 2.05) is 61.4 Å². The summed E-state index contributed by atoms with van der Waals surface area (Å²) in [6.45, 7) is 0.494. The van der Waals surface area contributed by atoms with E-state index in [9.17, 15) is 0 Å². The van der Waals surface area contributed by atoms with Crippen molar-refractivity contribution >= 4 is 40.9 Å². The molecule has 0 fully saturated rings. The maximum absolute atomic E-state index is 5.39. The Morgan fingerprint density at radius 3 is 2.83 bits per heavy atom. The molecule has 0 amide bonds. The molecule has 1 unspecified atom stereocenters. The minimum atomic E-state index is 0. The molecule has 5 aromatic rings. The van der Waals surface area contributed by atoms with Gasteiger partial charge in [-0.05, 0) is 30.8 Å². The summed E-state index contributed by atoms with van der Waals surface area (Å²) in [5, 5.41) is 0. The van der Waals surface area contributed by atoms with E-state index in [0.29, 0.717) is 17.8 Å². The summed E-state index contributed by atoms with van der Waals surface area (Å²) in [5.41, 5.74) is 4.50. The third-order valence-electron chi connectivity index (χ3n) is 5.96. The Kier molecular flexibility index (Phi) is 6.19. The first kappa shape index (κ1) is 23.0. The van der Waals surface area contributed by atoms with Gasteiger partial charge in [-0.3, -0.25) is 10.7 Å². The van der Waals surface area contributed by atoms with E-state index in [2.05, 4.69) is 49.9 Å². The van der Waals surface area contributed by atoms with Crippen LogP contribution >= 0.6 is 0 Å². The molecule has 1 radical (unpaired) electrons. The SMILES string of the molecule is C[N+]1=CC(c2cccc(N(C[C-]=Cc3coc4ocnc34)c3ccccc3)n2)c2[n-]c[n+](C)c21.[Ir]. The number of oxazole rings is 1. The number of hydrogen-bond donors (Lipinski definition) is 0. The first-order chi connectivity index (χ1) is 16.7. The summed E-state index contributed by atoms with van der Waals surface area (Å²) in [5.74, 6) is 2.34. The summed E-state index contributed by atoms with van der Waals surface area (Å²) in [6, 6.07) is 16.3. The van der Waals surface area contributed by atoms with E-state index in [1.165, 1.54) is 6.39 Å². The molecule has 0 aliphatic carbocycles. The zero-order valence-electron chi connectivity index (χ0n) is 19.1. The second-order valence-electron chi connectivity index (χ2n) is 8.17. The van der Waals surface area contributed by atoms with Gasteiger partial charge in [0.25, 0.3) is 11.6 Å². The Balaban J connectivity index is 0.00000253. The zero-order chi connectivity index (χ0) is 23.1. The Morgan fingerprint density at radius 2 is 1.97 bits per heavy atom. The molecule has 4 aromatic heterocycles. The smallest absolute Gasteiger partial charge is 0.297 e. The number of benzene rings is 1.